The van der Waals surface area contributed by atoms with Crippen LogP contribution in [0.1, 0.15) is 6.92 Å². The van der Waals surface area contributed by atoms with Crippen LogP contribution in [0.4, 0.5) is 0 Å². The zero-order chi connectivity index (χ0) is 10.6. The SMILES string of the molecule is C/C(=C/Cn1ccccc1=O)C(=O)O. The van der Waals surface area contributed by atoms with E-state index in [0.717, 1.165) is 0 Å². The van der Waals surface area contributed by atoms with Gasteiger partial charge in [0.2, 0.25) is 0 Å². The topological polar surface area (TPSA) is 59.3 Å². The van der Waals surface area contributed by atoms with Crippen LogP contribution in [-0.2, 0) is 11.3 Å². The molecule has 0 unspecified atom stereocenters. The maximum Gasteiger partial charge on any atom is 0.331 e. The molecule has 0 saturated heterocycles. The Bertz CT molecular complexity index is 417. The van der Waals surface area contributed by atoms with E-state index in [1.54, 1.807) is 18.3 Å². The van der Waals surface area contributed by atoms with Gasteiger partial charge in [0.05, 0.1) is 0 Å². The molecular formula is C10H11NO3. The summed E-state index contributed by atoms with van der Waals surface area (Å²) >= 11 is 0. The van der Waals surface area contributed by atoms with Gasteiger partial charge in [-0.15, -0.1) is 0 Å². The lowest BCUT2D eigenvalue weighted by atomic mass is 10.3. The average molecular weight is 193 g/mol. The first-order chi connectivity index (χ1) is 6.61. The van der Waals surface area contributed by atoms with Crippen LogP contribution < -0.4 is 5.56 Å². The van der Waals surface area contributed by atoms with Gasteiger partial charge >= 0.3 is 5.97 Å². The Balaban J connectivity index is 2.81. The minimum Gasteiger partial charge on any atom is -0.478 e. The lowest BCUT2D eigenvalue weighted by molar-refractivity contribution is -0.132. The zero-order valence-corrected chi connectivity index (χ0v) is 7.80. The summed E-state index contributed by atoms with van der Waals surface area (Å²) in [5.74, 6) is -0.964. The maximum absolute atomic E-state index is 11.2. The summed E-state index contributed by atoms with van der Waals surface area (Å²) in [5.41, 5.74) is 0.0997. The van der Waals surface area contributed by atoms with Gasteiger partial charge in [-0.05, 0) is 13.0 Å². The van der Waals surface area contributed by atoms with Crippen molar-refractivity contribution in [1.29, 1.82) is 0 Å². The third-order valence-corrected chi connectivity index (χ3v) is 1.83. The molecular weight excluding hydrogens is 182 g/mol. The minimum atomic E-state index is -0.964. The second-order valence-electron chi connectivity index (χ2n) is 2.88. The number of carbonyl (C=O) groups is 1. The number of pyridine rings is 1. The van der Waals surface area contributed by atoms with E-state index in [0.29, 0.717) is 0 Å². The molecule has 0 bridgehead atoms. The molecule has 4 heteroatoms. The molecule has 0 aliphatic carbocycles. The van der Waals surface area contributed by atoms with Crippen molar-refractivity contribution in [3.05, 3.63) is 46.4 Å². The molecule has 1 N–H and O–H groups in total. The summed E-state index contributed by atoms with van der Waals surface area (Å²) in [6.45, 7) is 1.79. The number of carboxylic acid groups (broad SMARTS) is 1. The van der Waals surface area contributed by atoms with E-state index < -0.39 is 5.97 Å². The fourth-order valence-electron chi connectivity index (χ4n) is 0.934. The molecule has 0 spiro atoms. The van der Waals surface area contributed by atoms with Crippen LogP contribution >= 0.6 is 0 Å². The molecule has 1 aromatic heterocycles. The van der Waals surface area contributed by atoms with Crippen LogP contribution in [0, 0.1) is 0 Å². The molecule has 0 aliphatic rings. The van der Waals surface area contributed by atoms with Crippen molar-refractivity contribution in [1.82, 2.24) is 4.57 Å². The van der Waals surface area contributed by atoms with E-state index in [1.165, 1.54) is 23.6 Å². The summed E-state index contributed by atoms with van der Waals surface area (Å²) in [7, 11) is 0. The van der Waals surface area contributed by atoms with Gasteiger partial charge < -0.3 is 9.67 Å². The van der Waals surface area contributed by atoms with Gasteiger partial charge in [0, 0.05) is 24.4 Å². The van der Waals surface area contributed by atoms with Crippen molar-refractivity contribution in [2.24, 2.45) is 0 Å². The smallest absolute Gasteiger partial charge is 0.331 e. The summed E-state index contributed by atoms with van der Waals surface area (Å²) in [5, 5.41) is 8.57. The highest BCUT2D eigenvalue weighted by atomic mass is 16.4. The largest absolute Gasteiger partial charge is 0.478 e. The number of hydrogen-bond donors (Lipinski definition) is 1. The van der Waals surface area contributed by atoms with E-state index in [1.807, 2.05) is 0 Å². The number of aromatic nitrogens is 1. The van der Waals surface area contributed by atoms with E-state index >= 15 is 0 Å². The molecule has 0 aliphatic heterocycles. The number of rotatable bonds is 3. The van der Waals surface area contributed by atoms with Gasteiger partial charge in [-0.2, -0.15) is 0 Å². The van der Waals surface area contributed by atoms with Gasteiger partial charge in [0.15, 0.2) is 0 Å². The van der Waals surface area contributed by atoms with E-state index in [-0.39, 0.29) is 17.7 Å². The Hall–Kier alpha value is -1.84. The quantitative estimate of drug-likeness (QED) is 0.725. The number of aliphatic carboxylic acids is 1. The molecule has 14 heavy (non-hydrogen) atoms. The molecule has 0 fully saturated rings. The normalized spacial score (nSPS) is 11.4. The first-order valence-electron chi connectivity index (χ1n) is 4.17. The molecule has 1 aromatic rings. The van der Waals surface area contributed by atoms with Crippen LogP contribution in [0.2, 0.25) is 0 Å². The molecule has 0 atom stereocenters. The Morgan fingerprint density at radius 2 is 2.29 bits per heavy atom. The van der Waals surface area contributed by atoms with Crippen molar-refractivity contribution in [3.8, 4) is 0 Å². The van der Waals surface area contributed by atoms with Crippen LogP contribution in [0.15, 0.2) is 40.8 Å². The molecule has 0 radical (unpaired) electrons. The molecule has 1 heterocycles. The van der Waals surface area contributed by atoms with Crippen molar-refractivity contribution >= 4 is 5.97 Å². The van der Waals surface area contributed by atoms with Crippen molar-refractivity contribution in [2.45, 2.75) is 13.5 Å². The third-order valence-electron chi connectivity index (χ3n) is 1.83. The van der Waals surface area contributed by atoms with E-state index in [4.69, 9.17) is 5.11 Å². The highest BCUT2D eigenvalue weighted by molar-refractivity contribution is 5.85. The number of hydrogen-bond acceptors (Lipinski definition) is 2. The van der Waals surface area contributed by atoms with Crippen LogP contribution in [0.25, 0.3) is 0 Å². The summed E-state index contributed by atoms with van der Waals surface area (Å²) in [4.78, 5) is 21.6. The zero-order valence-electron chi connectivity index (χ0n) is 7.80. The van der Waals surface area contributed by atoms with Crippen molar-refractivity contribution < 1.29 is 9.90 Å². The second kappa shape index (κ2) is 4.41. The fourth-order valence-corrected chi connectivity index (χ4v) is 0.934. The third kappa shape index (κ3) is 2.58. The Kier molecular flexibility index (Phi) is 3.23. The summed E-state index contributed by atoms with van der Waals surface area (Å²) in [6, 6.07) is 4.81. The van der Waals surface area contributed by atoms with Crippen LogP contribution in [0.3, 0.4) is 0 Å². The fraction of sp³-hybridized carbons (Fsp3) is 0.200. The average Bonchev–Trinajstić information content (AvgIpc) is 2.16. The van der Waals surface area contributed by atoms with Gasteiger partial charge in [-0.3, -0.25) is 4.79 Å². The lowest BCUT2D eigenvalue weighted by Gasteiger charge is -2.00. The molecule has 0 saturated carbocycles. The van der Waals surface area contributed by atoms with Crippen LogP contribution in [0.5, 0.6) is 0 Å². The van der Waals surface area contributed by atoms with Crippen molar-refractivity contribution in [3.63, 3.8) is 0 Å². The van der Waals surface area contributed by atoms with Crippen LogP contribution in [-0.4, -0.2) is 15.6 Å². The lowest BCUT2D eigenvalue weighted by Crippen LogP contribution is -2.17. The second-order valence-corrected chi connectivity index (χ2v) is 2.88. The summed E-state index contributed by atoms with van der Waals surface area (Å²) in [6.07, 6.45) is 3.12. The number of carboxylic acids is 1. The molecule has 1 rings (SSSR count). The molecule has 4 nitrogen and oxygen atoms in total. The first-order valence-corrected chi connectivity index (χ1v) is 4.17. The van der Waals surface area contributed by atoms with Crippen molar-refractivity contribution in [2.75, 3.05) is 0 Å². The maximum atomic E-state index is 11.2. The summed E-state index contributed by atoms with van der Waals surface area (Å²) < 4.78 is 1.44. The molecule has 0 aromatic carbocycles. The predicted octanol–water partition coefficient (Wildman–Crippen LogP) is 0.879. The van der Waals surface area contributed by atoms with E-state index in [9.17, 15) is 9.59 Å². The standard InChI is InChI=1S/C10H11NO3/c1-8(10(13)14)5-7-11-6-3-2-4-9(11)12/h2-6H,7H2,1H3,(H,13,14)/b8-5-. The van der Waals surface area contributed by atoms with Gasteiger partial charge in [0.25, 0.3) is 5.56 Å². The Labute approximate surface area is 81.1 Å². The number of nitrogens with zero attached hydrogens (tertiary/aromatic N) is 1. The van der Waals surface area contributed by atoms with Gasteiger partial charge in [0.1, 0.15) is 0 Å². The monoisotopic (exact) mass is 193 g/mol. The Morgan fingerprint density at radius 3 is 2.86 bits per heavy atom. The van der Waals surface area contributed by atoms with Gasteiger partial charge in [-0.25, -0.2) is 4.79 Å². The number of allylic oxidation sites excluding steroid dienone is 1. The highest BCUT2D eigenvalue weighted by Crippen LogP contribution is 1.93. The molecule has 0 amide bonds. The van der Waals surface area contributed by atoms with E-state index in [2.05, 4.69) is 0 Å². The highest BCUT2D eigenvalue weighted by Gasteiger charge is 1.98. The molecule has 74 valence electrons. The Morgan fingerprint density at radius 1 is 1.57 bits per heavy atom. The first kappa shape index (κ1) is 10.2. The van der Waals surface area contributed by atoms with Gasteiger partial charge in [-0.1, -0.05) is 12.1 Å². The minimum absolute atomic E-state index is 0.137. The predicted molar refractivity (Wildman–Crippen MR) is 52.1 cm³/mol.